The molecular weight excluding hydrogens is 422 g/mol. The quantitative estimate of drug-likeness (QED) is 0.447. The van der Waals surface area contributed by atoms with Crippen LogP contribution in [-0.2, 0) is 18.9 Å². The van der Waals surface area contributed by atoms with Crippen molar-refractivity contribution in [1.82, 2.24) is 18.7 Å². The Balaban J connectivity index is 0.00000341. The molecule has 3 rings (SSSR count). The first-order valence-corrected chi connectivity index (χ1v) is 10.8. The summed E-state index contributed by atoms with van der Waals surface area (Å²) in [5.74, 6) is -0.809. The van der Waals surface area contributed by atoms with Gasteiger partial charge in [-0.15, -0.1) is 0 Å². The zero-order valence-corrected chi connectivity index (χ0v) is 19.9. The van der Waals surface area contributed by atoms with Crippen molar-refractivity contribution in [2.45, 2.75) is 52.9 Å². The van der Waals surface area contributed by atoms with Crippen LogP contribution in [0, 0.1) is 5.41 Å². The van der Waals surface area contributed by atoms with Crippen LogP contribution in [0.15, 0.2) is 9.59 Å². The van der Waals surface area contributed by atoms with Crippen LogP contribution < -0.4 is 28.6 Å². The maximum atomic E-state index is 13.6. The highest BCUT2D eigenvalue weighted by Gasteiger charge is 2.53. The molecule has 1 aliphatic rings. The Kier molecular flexibility index (Phi) is 7.32. The molecule has 1 N–H and O–H groups in total. The maximum Gasteiger partial charge on any atom is 0.332 e. The van der Waals surface area contributed by atoms with E-state index in [1.54, 1.807) is 0 Å². The number of carbonyl (C=O) groups is 2. The molecule has 0 aliphatic carbocycles. The molecular formula is C21H32ClN5O4. The molecule has 10 heteroatoms. The zero-order valence-electron chi connectivity index (χ0n) is 19.1. The van der Waals surface area contributed by atoms with Crippen LogP contribution >= 0.6 is 0 Å². The molecule has 0 bridgehead atoms. The molecule has 0 spiro atoms. The highest BCUT2D eigenvalue weighted by atomic mass is 35.5. The summed E-state index contributed by atoms with van der Waals surface area (Å²) >= 11 is 0. The molecule has 0 saturated heterocycles. The molecule has 2 aromatic rings. The van der Waals surface area contributed by atoms with Gasteiger partial charge in [-0.2, -0.15) is 0 Å². The SMILES string of the molecule is CC[NH+](CC)CCC1C(=O)C(CC)(CC)C(=O)n2c1nc1c2c(=O)n(C)c(=O)n1C.[Cl-]. The summed E-state index contributed by atoms with van der Waals surface area (Å²) in [6.07, 6.45) is 1.27. The molecule has 2 aromatic heterocycles. The van der Waals surface area contributed by atoms with Gasteiger partial charge in [-0.3, -0.25) is 28.1 Å². The largest absolute Gasteiger partial charge is 1.00 e. The van der Waals surface area contributed by atoms with Crippen LogP contribution in [0.2, 0.25) is 0 Å². The van der Waals surface area contributed by atoms with Crippen molar-refractivity contribution in [3.8, 4) is 0 Å². The van der Waals surface area contributed by atoms with Crippen molar-refractivity contribution in [3.05, 3.63) is 26.7 Å². The van der Waals surface area contributed by atoms with Crippen molar-refractivity contribution in [3.63, 3.8) is 0 Å². The minimum absolute atomic E-state index is 0. The molecule has 0 saturated carbocycles. The second kappa shape index (κ2) is 9.08. The van der Waals surface area contributed by atoms with Gasteiger partial charge in [0.25, 0.3) is 5.56 Å². The number of Topliss-reactive ketones (excluding diaryl/α,β-unsaturated/α-hetero) is 1. The zero-order chi connectivity index (χ0) is 22.4. The van der Waals surface area contributed by atoms with Crippen LogP contribution in [-0.4, -0.2) is 50.0 Å². The van der Waals surface area contributed by atoms with E-state index in [-0.39, 0.29) is 29.4 Å². The highest BCUT2D eigenvalue weighted by Crippen LogP contribution is 2.42. The first kappa shape index (κ1) is 25.0. The summed E-state index contributed by atoms with van der Waals surface area (Å²) in [5, 5.41) is 0. The van der Waals surface area contributed by atoms with Gasteiger partial charge in [-0.25, -0.2) is 9.78 Å². The monoisotopic (exact) mass is 453 g/mol. The van der Waals surface area contributed by atoms with Gasteiger partial charge in [-0.1, -0.05) is 13.8 Å². The van der Waals surface area contributed by atoms with E-state index in [9.17, 15) is 19.2 Å². The fourth-order valence-corrected chi connectivity index (χ4v) is 4.74. The molecule has 0 amide bonds. The summed E-state index contributed by atoms with van der Waals surface area (Å²) in [5.41, 5.74) is -2.02. The normalized spacial score (nSPS) is 17.8. The molecule has 172 valence electrons. The van der Waals surface area contributed by atoms with E-state index in [2.05, 4.69) is 18.8 Å². The lowest BCUT2D eigenvalue weighted by atomic mass is 9.69. The molecule has 0 aromatic carbocycles. The van der Waals surface area contributed by atoms with Gasteiger partial charge in [-0.05, 0) is 26.7 Å². The van der Waals surface area contributed by atoms with Crippen molar-refractivity contribution < 1.29 is 26.9 Å². The Morgan fingerprint density at radius 2 is 1.55 bits per heavy atom. The number of aryl methyl sites for hydroxylation is 1. The van der Waals surface area contributed by atoms with Gasteiger partial charge < -0.3 is 17.3 Å². The van der Waals surface area contributed by atoms with Crippen LogP contribution in [0.1, 0.15) is 63.5 Å². The number of carbonyl (C=O) groups excluding carboxylic acids is 2. The molecule has 3 heterocycles. The Hall–Kier alpha value is -2.26. The van der Waals surface area contributed by atoms with Gasteiger partial charge in [0.2, 0.25) is 5.91 Å². The van der Waals surface area contributed by atoms with Gasteiger partial charge >= 0.3 is 5.69 Å². The number of hydrogen-bond donors (Lipinski definition) is 1. The average Bonchev–Trinajstić information content (AvgIpc) is 3.15. The molecule has 1 unspecified atom stereocenters. The number of ketones is 1. The van der Waals surface area contributed by atoms with Crippen LogP contribution in [0.25, 0.3) is 11.2 Å². The molecule has 9 nitrogen and oxygen atoms in total. The Bertz CT molecular complexity index is 1120. The predicted molar refractivity (Wildman–Crippen MR) is 113 cm³/mol. The van der Waals surface area contributed by atoms with Crippen molar-refractivity contribution in [2.75, 3.05) is 19.6 Å². The summed E-state index contributed by atoms with van der Waals surface area (Å²) in [6.45, 7) is 10.5. The fraction of sp³-hybridized carbons (Fsp3) is 0.667. The number of aromatic nitrogens is 4. The van der Waals surface area contributed by atoms with Gasteiger partial charge in [0.15, 0.2) is 16.9 Å². The predicted octanol–water partition coefficient (Wildman–Crippen LogP) is -3.13. The number of rotatable bonds is 7. The average molecular weight is 454 g/mol. The third kappa shape index (κ3) is 3.47. The molecule has 0 radical (unpaired) electrons. The minimum Gasteiger partial charge on any atom is -1.00 e. The van der Waals surface area contributed by atoms with E-state index in [1.807, 2.05) is 13.8 Å². The van der Waals surface area contributed by atoms with E-state index in [1.165, 1.54) is 28.1 Å². The molecule has 31 heavy (non-hydrogen) atoms. The second-order valence-corrected chi connectivity index (χ2v) is 8.19. The number of halogens is 1. The minimum atomic E-state index is -1.18. The highest BCUT2D eigenvalue weighted by molar-refractivity contribution is 6.14. The smallest absolute Gasteiger partial charge is 0.332 e. The number of hydrogen-bond acceptors (Lipinski definition) is 5. The number of imidazole rings is 1. The van der Waals surface area contributed by atoms with E-state index >= 15 is 0 Å². The first-order chi connectivity index (χ1) is 14.2. The summed E-state index contributed by atoms with van der Waals surface area (Å²) in [7, 11) is 2.91. The summed E-state index contributed by atoms with van der Waals surface area (Å²) < 4.78 is 3.59. The maximum absolute atomic E-state index is 13.6. The molecule has 0 fully saturated rings. The number of quaternary nitrogens is 1. The Labute approximate surface area is 187 Å². The van der Waals surface area contributed by atoms with Crippen molar-refractivity contribution in [2.24, 2.45) is 19.5 Å². The van der Waals surface area contributed by atoms with Crippen molar-refractivity contribution in [1.29, 1.82) is 0 Å². The van der Waals surface area contributed by atoms with Crippen LogP contribution in [0.3, 0.4) is 0 Å². The number of nitrogens with zero attached hydrogens (tertiary/aromatic N) is 4. The van der Waals surface area contributed by atoms with Crippen LogP contribution in [0.4, 0.5) is 0 Å². The Morgan fingerprint density at radius 1 is 0.968 bits per heavy atom. The van der Waals surface area contributed by atoms with E-state index < -0.39 is 28.5 Å². The lowest BCUT2D eigenvalue weighted by Crippen LogP contribution is -3.11. The third-order valence-corrected chi connectivity index (χ3v) is 6.99. The van der Waals surface area contributed by atoms with Crippen LogP contribution in [0.5, 0.6) is 0 Å². The number of fused-ring (bicyclic) bond motifs is 3. The summed E-state index contributed by atoms with van der Waals surface area (Å²) in [4.78, 5) is 58.5. The summed E-state index contributed by atoms with van der Waals surface area (Å²) in [6, 6.07) is 0. The lowest BCUT2D eigenvalue weighted by Gasteiger charge is -2.37. The second-order valence-electron chi connectivity index (χ2n) is 8.19. The van der Waals surface area contributed by atoms with Gasteiger partial charge in [0.1, 0.15) is 11.2 Å². The van der Waals surface area contributed by atoms with E-state index in [4.69, 9.17) is 0 Å². The third-order valence-electron chi connectivity index (χ3n) is 6.99. The number of nitrogens with one attached hydrogen (secondary N) is 1. The molecule has 1 atom stereocenters. The standard InChI is InChI=1S/C21H31N5O4.ClH/c1-7-21(8-2)15(27)13(11-12-25(9-3)10-4)16-22-17-14(26(16)19(21)29)18(28)24(6)20(30)23(17)5;/h13H,7-12H2,1-6H3;1H. The topological polar surface area (TPSA) is 100 Å². The van der Waals surface area contributed by atoms with Crippen molar-refractivity contribution >= 4 is 22.9 Å². The molecule has 1 aliphatic heterocycles. The lowest BCUT2D eigenvalue weighted by molar-refractivity contribution is -0.896. The first-order valence-electron chi connectivity index (χ1n) is 10.8. The Morgan fingerprint density at radius 3 is 2.06 bits per heavy atom. The van der Waals surface area contributed by atoms with Gasteiger partial charge in [0.05, 0.1) is 25.6 Å². The van der Waals surface area contributed by atoms with E-state index in [0.29, 0.717) is 25.1 Å². The van der Waals surface area contributed by atoms with Gasteiger partial charge in [0, 0.05) is 20.5 Å². The van der Waals surface area contributed by atoms with E-state index in [0.717, 1.165) is 24.2 Å². The fourth-order valence-electron chi connectivity index (χ4n) is 4.74.